The molecule has 0 aliphatic carbocycles. The van der Waals surface area contributed by atoms with Crippen LogP contribution in [0.3, 0.4) is 0 Å². The van der Waals surface area contributed by atoms with Gasteiger partial charge in [-0.1, -0.05) is 0 Å². The lowest BCUT2D eigenvalue weighted by atomic mass is 10.1. The van der Waals surface area contributed by atoms with E-state index in [1.165, 1.54) is 5.69 Å². The van der Waals surface area contributed by atoms with E-state index in [1.807, 2.05) is 24.5 Å². The van der Waals surface area contributed by atoms with Crippen molar-refractivity contribution in [2.45, 2.75) is 25.5 Å². The van der Waals surface area contributed by atoms with Crippen LogP contribution in [0.2, 0.25) is 0 Å². The molecule has 2 aromatic rings. The molecule has 1 saturated heterocycles. The van der Waals surface area contributed by atoms with Crippen LogP contribution in [-0.2, 0) is 4.74 Å². The molecule has 0 spiro atoms. The van der Waals surface area contributed by atoms with Crippen molar-refractivity contribution in [2.24, 2.45) is 0 Å². The standard InChI is InChI=1S/C15H19N3O/c1-10-14(6-8-19-10)18(2)15-4-3-13(16)12-9-17-7-5-11(12)15/h3-5,7,9-10,14H,6,8,16H2,1-2H3. The van der Waals surface area contributed by atoms with Gasteiger partial charge in [-0.05, 0) is 31.5 Å². The normalized spacial score (nSPS) is 22.8. The fourth-order valence-corrected chi connectivity index (χ4v) is 2.91. The van der Waals surface area contributed by atoms with Crippen LogP contribution in [0.5, 0.6) is 0 Å². The first-order valence-corrected chi connectivity index (χ1v) is 6.65. The summed E-state index contributed by atoms with van der Waals surface area (Å²) in [7, 11) is 2.13. The Bertz CT molecular complexity index is 599. The zero-order valence-electron chi connectivity index (χ0n) is 11.3. The van der Waals surface area contributed by atoms with Gasteiger partial charge >= 0.3 is 0 Å². The highest BCUT2D eigenvalue weighted by Gasteiger charge is 2.28. The van der Waals surface area contributed by atoms with Crippen molar-refractivity contribution >= 4 is 22.1 Å². The number of aromatic nitrogens is 1. The van der Waals surface area contributed by atoms with Crippen LogP contribution in [0, 0.1) is 0 Å². The first-order chi connectivity index (χ1) is 9.18. The molecule has 0 amide bonds. The van der Waals surface area contributed by atoms with E-state index in [-0.39, 0.29) is 6.10 Å². The minimum absolute atomic E-state index is 0.263. The van der Waals surface area contributed by atoms with Gasteiger partial charge in [0.2, 0.25) is 0 Å². The molecule has 2 atom stereocenters. The van der Waals surface area contributed by atoms with Crippen molar-refractivity contribution in [1.29, 1.82) is 0 Å². The summed E-state index contributed by atoms with van der Waals surface area (Å²) in [6.45, 7) is 2.97. The molecule has 4 nitrogen and oxygen atoms in total. The first-order valence-electron chi connectivity index (χ1n) is 6.65. The van der Waals surface area contributed by atoms with E-state index in [9.17, 15) is 0 Å². The molecule has 2 heterocycles. The highest BCUT2D eigenvalue weighted by atomic mass is 16.5. The number of hydrogen-bond donors (Lipinski definition) is 1. The molecule has 1 fully saturated rings. The predicted octanol–water partition coefficient (Wildman–Crippen LogP) is 2.43. The Morgan fingerprint density at radius 1 is 1.32 bits per heavy atom. The third-order valence-electron chi connectivity index (χ3n) is 4.04. The van der Waals surface area contributed by atoms with Crippen LogP contribution < -0.4 is 10.6 Å². The van der Waals surface area contributed by atoms with E-state index in [2.05, 4.69) is 29.9 Å². The Morgan fingerprint density at radius 3 is 2.89 bits per heavy atom. The van der Waals surface area contributed by atoms with Crippen molar-refractivity contribution in [3.8, 4) is 0 Å². The number of likely N-dealkylation sites (N-methyl/N-ethyl adjacent to an activating group) is 1. The molecule has 1 aromatic carbocycles. The molecule has 4 heteroatoms. The van der Waals surface area contributed by atoms with E-state index in [4.69, 9.17) is 10.5 Å². The lowest BCUT2D eigenvalue weighted by Crippen LogP contribution is -2.36. The fourth-order valence-electron chi connectivity index (χ4n) is 2.91. The lowest BCUT2D eigenvalue weighted by molar-refractivity contribution is 0.118. The quantitative estimate of drug-likeness (QED) is 0.839. The van der Waals surface area contributed by atoms with Crippen LogP contribution in [0.15, 0.2) is 30.6 Å². The summed E-state index contributed by atoms with van der Waals surface area (Å²) in [5, 5.41) is 2.16. The van der Waals surface area contributed by atoms with Gasteiger partial charge in [0, 0.05) is 48.2 Å². The van der Waals surface area contributed by atoms with Gasteiger partial charge in [0.05, 0.1) is 12.1 Å². The molecule has 100 valence electrons. The minimum Gasteiger partial charge on any atom is -0.398 e. The molecule has 19 heavy (non-hydrogen) atoms. The average molecular weight is 257 g/mol. The number of rotatable bonds is 2. The van der Waals surface area contributed by atoms with Gasteiger partial charge in [-0.15, -0.1) is 0 Å². The smallest absolute Gasteiger partial charge is 0.0750 e. The molecule has 0 radical (unpaired) electrons. The molecule has 2 unspecified atom stereocenters. The van der Waals surface area contributed by atoms with Crippen molar-refractivity contribution in [2.75, 3.05) is 24.3 Å². The predicted molar refractivity (Wildman–Crippen MR) is 78.4 cm³/mol. The van der Waals surface area contributed by atoms with Crippen molar-refractivity contribution in [3.63, 3.8) is 0 Å². The summed E-state index contributed by atoms with van der Waals surface area (Å²) in [6, 6.07) is 6.48. The van der Waals surface area contributed by atoms with E-state index in [0.717, 1.165) is 29.5 Å². The highest BCUT2D eigenvalue weighted by Crippen LogP contribution is 2.33. The Kier molecular flexibility index (Phi) is 3.03. The molecule has 2 N–H and O–H groups in total. The van der Waals surface area contributed by atoms with Crippen LogP contribution >= 0.6 is 0 Å². The highest BCUT2D eigenvalue weighted by molar-refractivity contribution is 6.00. The lowest BCUT2D eigenvalue weighted by Gasteiger charge is -2.30. The van der Waals surface area contributed by atoms with Gasteiger partial charge in [-0.25, -0.2) is 0 Å². The van der Waals surface area contributed by atoms with Gasteiger partial charge in [-0.2, -0.15) is 0 Å². The van der Waals surface area contributed by atoms with Gasteiger partial charge in [-0.3, -0.25) is 4.98 Å². The zero-order chi connectivity index (χ0) is 13.4. The van der Waals surface area contributed by atoms with Crippen LogP contribution in [0.4, 0.5) is 11.4 Å². The zero-order valence-corrected chi connectivity index (χ0v) is 11.3. The number of nitrogens with two attached hydrogens (primary N) is 1. The van der Waals surface area contributed by atoms with Gasteiger partial charge in [0.1, 0.15) is 0 Å². The number of benzene rings is 1. The van der Waals surface area contributed by atoms with E-state index < -0.39 is 0 Å². The third kappa shape index (κ3) is 2.02. The van der Waals surface area contributed by atoms with Crippen LogP contribution in [0.1, 0.15) is 13.3 Å². The van der Waals surface area contributed by atoms with Gasteiger partial charge in [0.15, 0.2) is 0 Å². The van der Waals surface area contributed by atoms with Crippen LogP contribution in [-0.4, -0.2) is 30.8 Å². The summed E-state index contributed by atoms with van der Waals surface area (Å²) >= 11 is 0. The minimum atomic E-state index is 0.263. The summed E-state index contributed by atoms with van der Waals surface area (Å²) in [6.07, 6.45) is 4.97. The Hall–Kier alpha value is -1.81. The largest absolute Gasteiger partial charge is 0.398 e. The summed E-state index contributed by atoms with van der Waals surface area (Å²) in [4.78, 5) is 6.47. The maximum Gasteiger partial charge on any atom is 0.0750 e. The third-order valence-corrected chi connectivity index (χ3v) is 4.04. The van der Waals surface area contributed by atoms with Crippen molar-refractivity contribution < 1.29 is 4.74 Å². The number of hydrogen-bond acceptors (Lipinski definition) is 4. The Balaban J connectivity index is 2.07. The molecule has 1 aliphatic heterocycles. The first kappa shape index (κ1) is 12.2. The second kappa shape index (κ2) is 4.70. The fraction of sp³-hybridized carbons (Fsp3) is 0.400. The van der Waals surface area contributed by atoms with E-state index in [0.29, 0.717) is 6.04 Å². The molecule has 0 saturated carbocycles. The molecule has 0 bridgehead atoms. The topological polar surface area (TPSA) is 51.4 Å². The maximum absolute atomic E-state index is 6.02. The van der Waals surface area contributed by atoms with Crippen LogP contribution in [0.25, 0.3) is 10.8 Å². The SMILES string of the molecule is CC1OCCC1N(C)c1ccc(N)c2cnccc12. The molecular weight excluding hydrogens is 238 g/mol. The number of ether oxygens (including phenoxy) is 1. The number of pyridine rings is 1. The second-order valence-corrected chi connectivity index (χ2v) is 5.14. The summed E-state index contributed by atoms with van der Waals surface area (Å²) < 4.78 is 5.67. The van der Waals surface area contributed by atoms with Crippen molar-refractivity contribution in [1.82, 2.24) is 4.98 Å². The van der Waals surface area contributed by atoms with Crippen molar-refractivity contribution in [3.05, 3.63) is 30.6 Å². The van der Waals surface area contributed by atoms with E-state index in [1.54, 1.807) is 0 Å². The number of anilines is 2. The molecule has 1 aromatic heterocycles. The molecular formula is C15H19N3O. The Labute approximate surface area is 113 Å². The average Bonchev–Trinajstić information content (AvgIpc) is 2.85. The Morgan fingerprint density at radius 2 is 2.16 bits per heavy atom. The summed E-state index contributed by atoms with van der Waals surface area (Å²) in [5.41, 5.74) is 7.99. The maximum atomic E-state index is 6.02. The van der Waals surface area contributed by atoms with Gasteiger partial charge < -0.3 is 15.4 Å². The summed E-state index contributed by atoms with van der Waals surface area (Å²) in [5.74, 6) is 0. The molecule has 3 rings (SSSR count). The monoisotopic (exact) mass is 257 g/mol. The molecule has 1 aliphatic rings. The number of fused-ring (bicyclic) bond motifs is 1. The van der Waals surface area contributed by atoms with Gasteiger partial charge in [0.25, 0.3) is 0 Å². The number of nitrogens with zero attached hydrogens (tertiary/aromatic N) is 2. The number of nitrogen functional groups attached to an aromatic ring is 1. The second-order valence-electron chi connectivity index (χ2n) is 5.14. The van der Waals surface area contributed by atoms with E-state index >= 15 is 0 Å².